The lowest BCUT2D eigenvalue weighted by Gasteiger charge is -2.50. The highest BCUT2D eigenvalue weighted by atomic mass is 16.7. The second kappa shape index (κ2) is 15.5. The molecule has 13 atom stereocenters. The molecule has 0 aromatic rings. The van der Waals surface area contributed by atoms with Crippen molar-refractivity contribution in [1.29, 1.82) is 0 Å². The van der Waals surface area contributed by atoms with Crippen LogP contribution in [0.4, 0.5) is 0 Å². The zero-order valence-electron chi connectivity index (χ0n) is 24.2. The predicted molar refractivity (Wildman–Crippen MR) is 149 cm³/mol. The first-order valence-corrected chi connectivity index (χ1v) is 14.4. The molecular weight excluding hydrogens is 556 g/mol. The summed E-state index contributed by atoms with van der Waals surface area (Å²) in [6.07, 6.45) is -5.90. The monoisotopic (exact) mass is 606 g/mol. The molecule has 16 nitrogen and oxygen atoms in total. The molecule has 0 spiro atoms. The van der Waals surface area contributed by atoms with Gasteiger partial charge in [0.05, 0.1) is 44.1 Å². The predicted octanol–water partition coefficient (Wildman–Crippen LogP) is -5.73. The Balaban J connectivity index is 1.82. The Kier molecular flexibility index (Phi) is 12.9. The van der Waals surface area contributed by atoms with E-state index in [4.69, 9.17) is 36.5 Å². The minimum atomic E-state index is -1.41. The van der Waals surface area contributed by atoms with Gasteiger partial charge in [-0.05, 0) is 45.9 Å². The van der Waals surface area contributed by atoms with Crippen molar-refractivity contribution in [2.24, 2.45) is 23.1 Å². The van der Waals surface area contributed by atoms with Crippen LogP contribution >= 0.6 is 0 Å². The fourth-order valence-electron chi connectivity index (χ4n) is 5.95. The number of amides is 1. The maximum absolute atomic E-state index is 12.7. The second-order valence-corrected chi connectivity index (χ2v) is 11.7. The standard InChI is InChI=1S/C26H50N6O10/c1-26(39)11-40-25(20(37)23(26)30-2)42-22-16(32-24(38)17(35)5-6-27)7-15(29)18(19(22)36)21-14(28)4-3-13(41-21)9-31-8-12(34)10-33/h3,12,14-23,25,30-31,33-37,39H,4-11,27-29H2,1-2H3,(H,32,38)/t12-,14+,15-,16+,17-,18+,19-,20+,21?,22-,23+,25+,26-/m0/s1. The number of ether oxygens (including phenoxy) is 3. The van der Waals surface area contributed by atoms with E-state index in [0.717, 1.165) is 0 Å². The van der Waals surface area contributed by atoms with E-state index in [1.807, 2.05) is 0 Å². The van der Waals surface area contributed by atoms with Crippen LogP contribution in [0.3, 0.4) is 0 Å². The molecule has 1 saturated carbocycles. The molecule has 2 aliphatic heterocycles. The zero-order chi connectivity index (χ0) is 31.2. The molecule has 0 aromatic carbocycles. The Morgan fingerprint density at radius 2 is 1.95 bits per heavy atom. The van der Waals surface area contributed by atoms with E-state index in [9.17, 15) is 30.3 Å². The molecule has 1 unspecified atom stereocenters. The molecule has 42 heavy (non-hydrogen) atoms. The Hall–Kier alpha value is -1.51. The molecule has 0 bridgehead atoms. The van der Waals surface area contributed by atoms with Gasteiger partial charge >= 0.3 is 0 Å². The van der Waals surface area contributed by atoms with Gasteiger partial charge in [-0.25, -0.2) is 0 Å². The molecule has 15 N–H and O–H groups in total. The van der Waals surface area contributed by atoms with Crippen molar-refractivity contribution in [3.05, 3.63) is 11.8 Å². The first kappa shape index (κ1) is 35.0. The highest BCUT2D eigenvalue weighted by Gasteiger charge is 2.53. The van der Waals surface area contributed by atoms with Crippen LogP contribution in [0.2, 0.25) is 0 Å². The third-order valence-corrected chi connectivity index (χ3v) is 8.25. The van der Waals surface area contributed by atoms with Crippen LogP contribution in [-0.2, 0) is 19.0 Å². The Morgan fingerprint density at radius 3 is 2.60 bits per heavy atom. The van der Waals surface area contributed by atoms with Crippen LogP contribution in [0.1, 0.15) is 26.2 Å². The van der Waals surface area contributed by atoms with Gasteiger partial charge in [0.25, 0.3) is 0 Å². The fraction of sp³-hybridized carbons (Fsp3) is 0.885. The lowest BCUT2D eigenvalue weighted by atomic mass is 9.72. The number of rotatable bonds is 13. The van der Waals surface area contributed by atoms with Gasteiger partial charge in [-0.2, -0.15) is 0 Å². The Labute approximate surface area is 245 Å². The van der Waals surface area contributed by atoms with Gasteiger partial charge in [0, 0.05) is 24.5 Å². The lowest BCUT2D eigenvalue weighted by Crippen LogP contribution is -2.69. The number of nitrogens with one attached hydrogen (secondary N) is 3. The van der Waals surface area contributed by atoms with E-state index in [1.54, 1.807) is 13.1 Å². The van der Waals surface area contributed by atoms with Crippen molar-refractivity contribution < 1.29 is 49.6 Å². The summed E-state index contributed by atoms with van der Waals surface area (Å²) in [5.74, 6) is -0.970. The van der Waals surface area contributed by atoms with E-state index in [0.29, 0.717) is 12.2 Å². The number of hydrogen-bond donors (Lipinski definition) is 12. The molecule has 2 fully saturated rings. The van der Waals surface area contributed by atoms with Crippen LogP contribution in [0.5, 0.6) is 0 Å². The summed E-state index contributed by atoms with van der Waals surface area (Å²) in [6.45, 7) is 1.39. The molecule has 1 saturated heterocycles. The topological polar surface area (TPSA) is 280 Å². The molecule has 2 heterocycles. The third kappa shape index (κ3) is 8.35. The smallest absolute Gasteiger partial charge is 0.249 e. The molecule has 1 aliphatic carbocycles. The molecule has 0 aromatic heterocycles. The van der Waals surface area contributed by atoms with E-state index in [2.05, 4.69) is 16.0 Å². The number of likely N-dealkylation sites (N-methyl/N-ethyl adjacent to an activating group) is 1. The largest absolute Gasteiger partial charge is 0.492 e. The summed E-state index contributed by atoms with van der Waals surface area (Å²) < 4.78 is 18.0. The van der Waals surface area contributed by atoms with E-state index >= 15 is 0 Å². The van der Waals surface area contributed by atoms with Crippen molar-refractivity contribution in [3.63, 3.8) is 0 Å². The number of aliphatic hydroxyl groups excluding tert-OH is 5. The van der Waals surface area contributed by atoms with Gasteiger partial charge in [0.1, 0.15) is 35.8 Å². The lowest BCUT2D eigenvalue weighted by molar-refractivity contribution is -0.297. The first-order valence-electron chi connectivity index (χ1n) is 14.4. The summed E-state index contributed by atoms with van der Waals surface area (Å²) in [4.78, 5) is 12.7. The molecule has 244 valence electrons. The maximum Gasteiger partial charge on any atom is 0.249 e. The average Bonchev–Trinajstić information content (AvgIpc) is 2.93. The van der Waals surface area contributed by atoms with E-state index in [1.165, 1.54) is 6.92 Å². The zero-order valence-corrected chi connectivity index (χ0v) is 24.2. The molecule has 16 heteroatoms. The van der Waals surface area contributed by atoms with Crippen molar-refractivity contribution >= 4 is 5.91 Å². The molecule has 0 radical (unpaired) electrons. The SMILES string of the molecule is CN[C@@H]1[C@@H](O)[C@@H](O[C@@H]2[C@@H](O)[C@H](C3OC(CNC[C@H](O)CO)=CC[C@H]3N)[C@@H](N)C[C@H]2NC(=O)[C@@H](O)CCN)OC[C@]1(C)O. The fourth-order valence-corrected chi connectivity index (χ4v) is 5.95. The molecule has 3 rings (SSSR count). The Morgan fingerprint density at radius 1 is 1.24 bits per heavy atom. The van der Waals surface area contributed by atoms with Gasteiger partial charge in [-0.15, -0.1) is 0 Å². The van der Waals surface area contributed by atoms with E-state index in [-0.39, 0.29) is 39.1 Å². The number of hydrogen-bond acceptors (Lipinski definition) is 15. The van der Waals surface area contributed by atoms with Crippen LogP contribution in [0.25, 0.3) is 0 Å². The van der Waals surface area contributed by atoms with Crippen LogP contribution in [0.15, 0.2) is 11.8 Å². The van der Waals surface area contributed by atoms with Gasteiger partial charge in [-0.1, -0.05) is 0 Å². The van der Waals surface area contributed by atoms with Crippen LogP contribution in [-0.4, -0.2) is 149 Å². The maximum atomic E-state index is 12.7. The first-order chi connectivity index (χ1) is 19.8. The highest BCUT2D eigenvalue weighted by Crippen LogP contribution is 2.36. The third-order valence-electron chi connectivity index (χ3n) is 8.25. The van der Waals surface area contributed by atoms with Crippen molar-refractivity contribution in [2.75, 3.05) is 39.9 Å². The summed E-state index contributed by atoms with van der Waals surface area (Å²) in [5, 5.41) is 70.7. The minimum Gasteiger partial charge on any atom is -0.492 e. The number of aliphatic hydroxyl groups is 6. The van der Waals surface area contributed by atoms with Crippen LogP contribution < -0.4 is 33.2 Å². The average molecular weight is 607 g/mol. The number of carbonyl (C=O) groups is 1. The quantitative estimate of drug-likeness (QED) is 0.0930. The van der Waals surface area contributed by atoms with Gasteiger partial charge < -0.3 is 78.0 Å². The molecule has 3 aliphatic rings. The summed E-state index contributed by atoms with van der Waals surface area (Å²) in [5.41, 5.74) is 17.1. The second-order valence-electron chi connectivity index (χ2n) is 11.7. The summed E-state index contributed by atoms with van der Waals surface area (Å²) in [6, 6.07) is -2.98. The van der Waals surface area contributed by atoms with Crippen molar-refractivity contribution in [2.45, 2.75) is 98.9 Å². The van der Waals surface area contributed by atoms with Gasteiger partial charge in [0.2, 0.25) is 5.91 Å². The Bertz CT molecular complexity index is 900. The minimum absolute atomic E-state index is 0.0218. The van der Waals surface area contributed by atoms with Gasteiger partial charge in [-0.3, -0.25) is 4.79 Å². The number of carbonyl (C=O) groups excluding carboxylic acids is 1. The van der Waals surface area contributed by atoms with Gasteiger partial charge in [0.15, 0.2) is 6.29 Å². The van der Waals surface area contributed by atoms with Crippen molar-refractivity contribution in [1.82, 2.24) is 16.0 Å². The molecule has 1 amide bonds. The summed E-state index contributed by atoms with van der Waals surface area (Å²) in [7, 11) is 1.57. The normalized spacial score (nSPS) is 40.5. The van der Waals surface area contributed by atoms with Crippen molar-refractivity contribution in [3.8, 4) is 0 Å². The number of nitrogens with two attached hydrogens (primary N) is 3. The summed E-state index contributed by atoms with van der Waals surface area (Å²) >= 11 is 0. The molecular formula is C26H50N6O10. The highest BCUT2D eigenvalue weighted by molar-refractivity contribution is 5.80. The van der Waals surface area contributed by atoms with Crippen LogP contribution in [0, 0.1) is 5.92 Å². The van der Waals surface area contributed by atoms with E-state index < -0.39 is 91.1 Å².